The summed E-state index contributed by atoms with van der Waals surface area (Å²) in [5, 5.41) is 13.1. The lowest BCUT2D eigenvalue weighted by atomic mass is 10.1. The molecule has 1 heterocycles. The summed E-state index contributed by atoms with van der Waals surface area (Å²) >= 11 is 6.06. The van der Waals surface area contributed by atoms with Gasteiger partial charge in [-0.15, -0.1) is 0 Å². The van der Waals surface area contributed by atoms with Crippen molar-refractivity contribution >= 4 is 17.3 Å². The number of nitrogens with one attached hydrogen (secondary N) is 1. The Hall–Kier alpha value is -1.74. The van der Waals surface area contributed by atoms with Crippen LogP contribution in [0.1, 0.15) is 18.1 Å². The molecule has 2 N–H and O–H groups in total. The number of hydrogen-bond acceptors (Lipinski definition) is 3. The molecule has 1 atom stereocenters. The summed E-state index contributed by atoms with van der Waals surface area (Å²) in [5.41, 5.74) is 3.09. The third-order valence-electron chi connectivity index (χ3n) is 2.86. The van der Waals surface area contributed by atoms with Gasteiger partial charge in [0, 0.05) is 12.2 Å². The molecule has 0 spiro atoms. The number of hydrogen-bond donors (Lipinski definition) is 2. The monoisotopic (exact) mass is 276 g/mol. The Morgan fingerprint density at radius 2 is 2.00 bits per heavy atom. The van der Waals surface area contributed by atoms with Gasteiger partial charge >= 0.3 is 0 Å². The van der Waals surface area contributed by atoms with E-state index in [1.54, 1.807) is 18.3 Å². The predicted octanol–water partition coefficient (Wildman–Crippen LogP) is 3.79. The molecule has 0 bridgehead atoms. The van der Waals surface area contributed by atoms with Crippen molar-refractivity contribution in [3.05, 3.63) is 52.8 Å². The molecule has 19 heavy (non-hydrogen) atoms. The summed E-state index contributed by atoms with van der Waals surface area (Å²) in [4.78, 5) is 4.12. The fourth-order valence-corrected chi connectivity index (χ4v) is 2.11. The highest BCUT2D eigenvalue weighted by molar-refractivity contribution is 6.31. The first kappa shape index (κ1) is 13.7. The number of aromatic nitrogens is 1. The fourth-order valence-electron chi connectivity index (χ4n) is 1.96. The van der Waals surface area contributed by atoms with Crippen molar-refractivity contribution in [1.82, 2.24) is 4.98 Å². The van der Waals surface area contributed by atoms with Gasteiger partial charge in [0.25, 0.3) is 0 Å². The van der Waals surface area contributed by atoms with Crippen molar-refractivity contribution in [2.24, 2.45) is 0 Å². The standard InChI is InChI=1S/C15H17ClN2O/c1-10-7-14(15(16)17-9-10)18-11(2)8-12-3-5-13(19)6-4-12/h3-7,9,11,18-19H,8H2,1-2H3. The summed E-state index contributed by atoms with van der Waals surface area (Å²) in [6.07, 6.45) is 2.60. The number of benzene rings is 1. The van der Waals surface area contributed by atoms with Crippen LogP contribution in [0.15, 0.2) is 36.5 Å². The molecule has 1 unspecified atom stereocenters. The first-order chi connectivity index (χ1) is 9.04. The maximum absolute atomic E-state index is 9.25. The fraction of sp³-hybridized carbons (Fsp3) is 0.267. The second-order valence-electron chi connectivity index (χ2n) is 4.77. The summed E-state index contributed by atoms with van der Waals surface area (Å²) in [6.45, 7) is 4.07. The average molecular weight is 277 g/mol. The molecule has 0 saturated heterocycles. The first-order valence-electron chi connectivity index (χ1n) is 6.21. The van der Waals surface area contributed by atoms with Gasteiger partial charge in [0.2, 0.25) is 0 Å². The SMILES string of the molecule is Cc1cnc(Cl)c(NC(C)Cc2ccc(O)cc2)c1. The van der Waals surface area contributed by atoms with E-state index in [9.17, 15) is 5.11 Å². The molecule has 100 valence electrons. The van der Waals surface area contributed by atoms with Gasteiger partial charge in [0.15, 0.2) is 5.15 Å². The molecule has 2 rings (SSSR count). The molecule has 1 aromatic carbocycles. The third kappa shape index (κ3) is 3.86. The number of aromatic hydroxyl groups is 1. The summed E-state index contributed by atoms with van der Waals surface area (Å²) in [6, 6.07) is 9.45. The van der Waals surface area contributed by atoms with Crippen LogP contribution in [0.5, 0.6) is 5.75 Å². The van der Waals surface area contributed by atoms with Crippen molar-refractivity contribution < 1.29 is 5.11 Å². The van der Waals surface area contributed by atoms with Gasteiger partial charge in [-0.05, 0) is 49.6 Å². The number of halogens is 1. The molecule has 0 fully saturated rings. The van der Waals surface area contributed by atoms with Crippen molar-refractivity contribution in [1.29, 1.82) is 0 Å². The topological polar surface area (TPSA) is 45.2 Å². The highest BCUT2D eigenvalue weighted by atomic mass is 35.5. The maximum atomic E-state index is 9.25. The minimum atomic E-state index is 0.227. The normalized spacial score (nSPS) is 12.2. The molecule has 0 saturated carbocycles. The number of phenols is 1. The van der Waals surface area contributed by atoms with Crippen LogP contribution in [0.3, 0.4) is 0 Å². The first-order valence-corrected chi connectivity index (χ1v) is 6.59. The molecule has 0 aliphatic heterocycles. The van der Waals surface area contributed by atoms with Gasteiger partial charge in [-0.1, -0.05) is 23.7 Å². The summed E-state index contributed by atoms with van der Waals surface area (Å²) in [7, 11) is 0. The van der Waals surface area contributed by atoms with E-state index >= 15 is 0 Å². The van der Waals surface area contributed by atoms with Gasteiger partial charge in [-0.2, -0.15) is 0 Å². The number of pyridine rings is 1. The lowest BCUT2D eigenvalue weighted by Gasteiger charge is -2.16. The van der Waals surface area contributed by atoms with E-state index in [2.05, 4.69) is 17.2 Å². The number of phenolic OH excluding ortho intramolecular Hbond substituents is 1. The van der Waals surface area contributed by atoms with Crippen molar-refractivity contribution in [3.63, 3.8) is 0 Å². The predicted molar refractivity (Wildman–Crippen MR) is 78.9 cm³/mol. The summed E-state index contributed by atoms with van der Waals surface area (Å²) < 4.78 is 0. The molecule has 0 aliphatic rings. The number of nitrogens with zero attached hydrogens (tertiary/aromatic N) is 1. The molecular formula is C15H17ClN2O. The smallest absolute Gasteiger partial charge is 0.152 e. The lowest BCUT2D eigenvalue weighted by molar-refractivity contribution is 0.475. The van der Waals surface area contributed by atoms with Gasteiger partial charge in [0.1, 0.15) is 5.75 Å². The van der Waals surface area contributed by atoms with Crippen LogP contribution in [-0.2, 0) is 6.42 Å². The van der Waals surface area contributed by atoms with Crippen LogP contribution in [-0.4, -0.2) is 16.1 Å². The van der Waals surface area contributed by atoms with Crippen molar-refractivity contribution in [2.45, 2.75) is 26.3 Å². The Bertz CT molecular complexity index is 555. The molecule has 3 nitrogen and oxygen atoms in total. The van der Waals surface area contributed by atoms with E-state index < -0.39 is 0 Å². The van der Waals surface area contributed by atoms with Gasteiger partial charge in [0.05, 0.1) is 5.69 Å². The average Bonchev–Trinajstić information content (AvgIpc) is 2.37. The molecule has 0 aliphatic carbocycles. The van der Waals surface area contributed by atoms with E-state index in [4.69, 9.17) is 11.6 Å². The molecule has 0 amide bonds. The molecule has 4 heteroatoms. The molecular weight excluding hydrogens is 260 g/mol. The zero-order valence-electron chi connectivity index (χ0n) is 11.0. The van der Waals surface area contributed by atoms with Crippen LogP contribution >= 0.6 is 11.6 Å². The van der Waals surface area contributed by atoms with E-state index in [1.807, 2.05) is 25.1 Å². The van der Waals surface area contributed by atoms with Crippen LogP contribution in [0.2, 0.25) is 5.15 Å². The molecule has 0 radical (unpaired) electrons. The second kappa shape index (κ2) is 5.93. The summed E-state index contributed by atoms with van der Waals surface area (Å²) in [5.74, 6) is 0.287. The Morgan fingerprint density at radius 3 is 2.68 bits per heavy atom. The van der Waals surface area contributed by atoms with E-state index in [1.165, 1.54) is 0 Å². The van der Waals surface area contributed by atoms with E-state index in [0.717, 1.165) is 23.2 Å². The quantitative estimate of drug-likeness (QED) is 0.835. The second-order valence-corrected chi connectivity index (χ2v) is 5.13. The Balaban J connectivity index is 2.02. The van der Waals surface area contributed by atoms with Gasteiger partial charge in [-0.3, -0.25) is 0 Å². The largest absolute Gasteiger partial charge is 0.508 e. The zero-order chi connectivity index (χ0) is 13.8. The van der Waals surface area contributed by atoms with Crippen LogP contribution in [0.25, 0.3) is 0 Å². The van der Waals surface area contributed by atoms with Crippen LogP contribution in [0, 0.1) is 6.92 Å². The van der Waals surface area contributed by atoms with Crippen LogP contribution < -0.4 is 5.32 Å². The minimum absolute atomic E-state index is 0.227. The Kier molecular flexibility index (Phi) is 4.27. The van der Waals surface area contributed by atoms with E-state index in [-0.39, 0.29) is 11.8 Å². The maximum Gasteiger partial charge on any atom is 0.152 e. The highest BCUT2D eigenvalue weighted by Gasteiger charge is 2.07. The third-order valence-corrected chi connectivity index (χ3v) is 3.16. The van der Waals surface area contributed by atoms with Gasteiger partial charge < -0.3 is 10.4 Å². The Morgan fingerprint density at radius 1 is 1.32 bits per heavy atom. The van der Waals surface area contributed by atoms with E-state index in [0.29, 0.717) is 5.15 Å². The Labute approximate surface area is 118 Å². The van der Waals surface area contributed by atoms with Crippen molar-refractivity contribution in [3.8, 4) is 5.75 Å². The molecule has 1 aromatic heterocycles. The van der Waals surface area contributed by atoms with Gasteiger partial charge in [-0.25, -0.2) is 4.98 Å². The minimum Gasteiger partial charge on any atom is -0.508 e. The van der Waals surface area contributed by atoms with Crippen molar-refractivity contribution in [2.75, 3.05) is 5.32 Å². The number of rotatable bonds is 4. The zero-order valence-corrected chi connectivity index (χ0v) is 11.8. The highest BCUT2D eigenvalue weighted by Crippen LogP contribution is 2.21. The number of anilines is 1. The lowest BCUT2D eigenvalue weighted by Crippen LogP contribution is -2.18. The van der Waals surface area contributed by atoms with Crippen LogP contribution in [0.4, 0.5) is 5.69 Å². The number of aryl methyl sites for hydroxylation is 1. The molecule has 2 aromatic rings.